The number of hydrogen-bond donors (Lipinski definition) is 3. The lowest BCUT2D eigenvalue weighted by Crippen LogP contribution is -2.48. The fraction of sp³-hybridized carbons (Fsp3) is 0.636. The van der Waals surface area contributed by atoms with Crippen molar-refractivity contribution < 1.29 is 4.79 Å². The lowest BCUT2D eigenvalue weighted by atomic mass is 10.1. The maximum absolute atomic E-state index is 11.5. The molecule has 6 heteroatoms. The van der Waals surface area contributed by atoms with Crippen molar-refractivity contribution in [2.45, 2.75) is 26.3 Å². The summed E-state index contributed by atoms with van der Waals surface area (Å²) >= 11 is 0. The number of aliphatic imine (C=N–C) groups is 1. The molecule has 1 amide bonds. The Labute approximate surface area is 121 Å². The number of carbonyl (C=O) groups is 1. The van der Waals surface area contributed by atoms with Crippen LogP contribution in [0.2, 0.25) is 0 Å². The van der Waals surface area contributed by atoms with Crippen LogP contribution < -0.4 is 16.0 Å². The number of guanidine groups is 1. The molecular weight excluding hydrogens is 331 g/mol. The molecule has 0 atom stereocenters. The van der Waals surface area contributed by atoms with E-state index in [1.54, 1.807) is 13.1 Å². The maximum atomic E-state index is 11.5. The first-order valence-electron chi connectivity index (χ1n) is 5.25. The van der Waals surface area contributed by atoms with Crippen molar-refractivity contribution in [3.63, 3.8) is 0 Å². The molecule has 0 rings (SSSR count). The second-order valence-corrected chi connectivity index (χ2v) is 4.39. The minimum absolute atomic E-state index is 0. The Kier molecular flexibility index (Phi) is 10.1. The molecule has 0 bridgehead atoms. The van der Waals surface area contributed by atoms with Gasteiger partial charge in [0.1, 0.15) is 0 Å². The minimum atomic E-state index is -0.211. The molecule has 100 valence electrons. The van der Waals surface area contributed by atoms with Crippen LogP contribution in [-0.4, -0.2) is 37.5 Å². The van der Waals surface area contributed by atoms with Gasteiger partial charge in [-0.3, -0.25) is 9.79 Å². The van der Waals surface area contributed by atoms with Gasteiger partial charge in [0, 0.05) is 19.1 Å². The third-order valence-corrected chi connectivity index (χ3v) is 1.57. The van der Waals surface area contributed by atoms with Crippen LogP contribution >= 0.6 is 24.0 Å². The van der Waals surface area contributed by atoms with E-state index in [0.717, 1.165) is 0 Å². The largest absolute Gasteiger partial charge is 0.353 e. The van der Waals surface area contributed by atoms with Crippen LogP contribution in [0, 0.1) is 0 Å². The van der Waals surface area contributed by atoms with Crippen molar-refractivity contribution in [1.29, 1.82) is 0 Å². The summed E-state index contributed by atoms with van der Waals surface area (Å²) in [5, 5.41) is 8.73. The van der Waals surface area contributed by atoms with Gasteiger partial charge in [-0.1, -0.05) is 6.08 Å². The summed E-state index contributed by atoms with van der Waals surface area (Å²) in [6.45, 7) is 10.2. The first kappa shape index (κ1) is 18.6. The van der Waals surface area contributed by atoms with Gasteiger partial charge >= 0.3 is 0 Å². The van der Waals surface area contributed by atoms with Gasteiger partial charge in [0.05, 0.1) is 6.54 Å². The number of nitrogens with zero attached hydrogens (tertiary/aromatic N) is 1. The average molecular weight is 354 g/mol. The van der Waals surface area contributed by atoms with Crippen molar-refractivity contribution in [2.24, 2.45) is 4.99 Å². The highest BCUT2D eigenvalue weighted by atomic mass is 127. The van der Waals surface area contributed by atoms with E-state index < -0.39 is 0 Å². The molecule has 17 heavy (non-hydrogen) atoms. The van der Waals surface area contributed by atoms with Crippen molar-refractivity contribution >= 4 is 35.8 Å². The van der Waals surface area contributed by atoms with Crippen molar-refractivity contribution in [3.05, 3.63) is 12.7 Å². The molecule has 0 fully saturated rings. The molecule has 0 spiro atoms. The molecule has 0 unspecified atom stereocenters. The first-order valence-corrected chi connectivity index (χ1v) is 5.25. The average Bonchev–Trinajstić information content (AvgIpc) is 2.15. The number of nitrogens with one attached hydrogen (secondary N) is 3. The molecule has 0 radical (unpaired) electrons. The first-order chi connectivity index (χ1) is 7.39. The summed E-state index contributed by atoms with van der Waals surface area (Å²) in [5.41, 5.74) is -0.211. The SMILES string of the molecule is C=CCNC(=NC)NCC(=O)NC(C)(C)C.I. The summed E-state index contributed by atoms with van der Waals surface area (Å²) in [7, 11) is 1.65. The van der Waals surface area contributed by atoms with Gasteiger partial charge in [0.2, 0.25) is 5.91 Å². The Morgan fingerprint density at radius 2 is 1.94 bits per heavy atom. The Bertz CT molecular complexity index is 271. The molecule has 0 aliphatic rings. The number of rotatable bonds is 4. The van der Waals surface area contributed by atoms with E-state index in [-0.39, 0.29) is 42.0 Å². The summed E-state index contributed by atoms with van der Waals surface area (Å²) in [6.07, 6.45) is 1.72. The molecule has 0 aliphatic carbocycles. The quantitative estimate of drug-likeness (QED) is 0.304. The Morgan fingerprint density at radius 3 is 2.35 bits per heavy atom. The Morgan fingerprint density at radius 1 is 1.35 bits per heavy atom. The zero-order chi connectivity index (χ0) is 12.6. The summed E-state index contributed by atoms with van der Waals surface area (Å²) in [6, 6.07) is 0. The molecular formula is C11H23IN4O. The Hall–Kier alpha value is -0.790. The fourth-order valence-electron chi connectivity index (χ4n) is 1.02. The van der Waals surface area contributed by atoms with Crippen LogP contribution in [0.1, 0.15) is 20.8 Å². The molecule has 0 aromatic carbocycles. The summed E-state index contributed by atoms with van der Waals surface area (Å²) in [5.74, 6) is 0.526. The zero-order valence-electron chi connectivity index (χ0n) is 11.0. The molecule has 5 nitrogen and oxygen atoms in total. The van der Waals surface area contributed by atoms with Crippen LogP contribution in [-0.2, 0) is 4.79 Å². The molecule has 0 heterocycles. The number of halogens is 1. The maximum Gasteiger partial charge on any atom is 0.239 e. The molecule has 0 aromatic rings. The van der Waals surface area contributed by atoms with E-state index in [1.807, 2.05) is 20.8 Å². The third kappa shape index (κ3) is 11.5. The summed E-state index contributed by atoms with van der Waals surface area (Å²) < 4.78 is 0. The topological polar surface area (TPSA) is 65.5 Å². The van der Waals surface area contributed by atoms with E-state index >= 15 is 0 Å². The van der Waals surface area contributed by atoms with E-state index in [9.17, 15) is 4.79 Å². The predicted octanol–water partition coefficient (Wildman–Crippen LogP) is 0.870. The van der Waals surface area contributed by atoms with Gasteiger partial charge < -0.3 is 16.0 Å². The van der Waals surface area contributed by atoms with Crippen molar-refractivity contribution in [1.82, 2.24) is 16.0 Å². The lowest BCUT2D eigenvalue weighted by molar-refractivity contribution is -0.121. The smallest absolute Gasteiger partial charge is 0.239 e. The molecule has 3 N–H and O–H groups in total. The lowest BCUT2D eigenvalue weighted by Gasteiger charge is -2.21. The van der Waals surface area contributed by atoms with E-state index in [1.165, 1.54) is 0 Å². The van der Waals surface area contributed by atoms with Crippen molar-refractivity contribution in [3.8, 4) is 0 Å². The van der Waals surface area contributed by atoms with Crippen LogP contribution in [0.5, 0.6) is 0 Å². The highest BCUT2D eigenvalue weighted by Gasteiger charge is 2.13. The predicted molar refractivity (Wildman–Crippen MR) is 82.9 cm³/mol. The van der Waals surface area contributed by atoms with Gasteiger partial charge in [-0.15, -0.1) is 30.6 Å². The standard InChI is InChI=1S/C11H22N4O.HI/c1-6-7-13-10(12-5)14-8-9(16)15-11(2,3)4;/h6H,1,7-8H2,2-5H3,(H,15,16)(H2,12,13,14);1H. The van der Waals surface area contributed by atoms with Gasteiger partial charge in [-0.05, 0) is 20.8 Å². The highest BCUT2D eigenvalue weighted by Crippen LogP contribution is 1.96. The zero-order valence-corrected chi connectivity index (χ0v) is 13.3. The van der Waals surface area contributed by atoms with E-state index in [2.05, 4.69) is 27.5 Å². The number of carbonyl (C=O) groups excluding carboxylic acids is 1. The second kappa shape index (κ2) is 9.26. The van der Waals surface area contributed by atoms with Gasteiger partial charge in [0.15, 0.2) is 5.96 Å². The van der Waals surface area contributed by atoms with Crippen LogP contribution in [0.25, 0.3) is 0 Å². The molecule has 0 aliphatic heterocycles. The van der Waals surface area contributed by atoms with Crippen LogP contribution in [0.3, 0.4) is 0 Å². The Balaban J connectivity index is 0. The second-order valence-electron chi connectivity index (χ2n) is 4.39. The van der Waals surface area contributed by atoms with Gasteiger partial charge in [-0.25, -0.2) is 0 Å². The van der Waals surface area contributed by atoms with Gasteiger partial charge in [0.25, 0.3) is 0 Å². The molecule has 0 saturated heterocycles. The third-order valence-electron chi connectivity index (χ3n) is 1.57. The molecule has 0 aromatic heterocycles. The van der Waals surface area contributed by atoms with Crippen LogP contribution in [0.15, 0.2) is 17.6 Å². The van der Waals surface area contributed by atoms with Crippen LogP contribution in [0.4, 0.5) is 0 Å². The molecule has 0 saturated carbocycles. The van der Waals surface area contributed by atoms with E-state index in [4.69, 9.17) is 0 Å². The van der Waals surface area contributed by atoms with E-state index in [0.29, 0.717) is 12.5 Å². The van der Waals surface area contributed by atoms with Crippen molar-refractivity contribution in [2.75, 3.05) is 20.1 Å². The fourth-order valence-corrected chi connectivity index (χ4v) is 1.02. The minimum Gasteiger partial charge on any atom is -0.353 e. The number of amides is 1. The summed E-state index contributed by atoms with van der Waals surface area (Å²) in [4.78, 5) is 15.4. The van der Waals surface area contributed by atoms with Gasteiger partial charge in [-0.2, -0.15) is 0 Å². The number of hydrogen-bond acceptors (Lipinski definition) is 2. The normalized spacial score (nSPS) is 11.2. The highest BCUT2D eigenvalue weighted by molar-refractivity contribution is 14.0. The monoisotopic (exact) mass is 354 g/mol.